The number of halogens is 2. The molecule has 0 amide bonds. The summed E-state index contributed by atoms with van der Waals surface area (Å²) in [5.41, 5.74) is 2.20. The predicted octanol–water partition coefficient (Wildman–Crippen LogP) is 4.40. The number of rotatable bonds is 7. The first-order valence-corrected chi connectivity index (χ1v) is 9.50. The van der Waals surface area contributed by atoms with Crippen LogP contribution >= 0.6 is 24.8 Å². The fraction of sp³-hybridized carbons (Fsp3) is 0.455. The van der Waals surface area contributed by atoms with E-state index in [2.05, 4.69) is 41.1 Å². The number of phenols is 1. The largest absolute Gasteiger partial charge is 0.508 e. The maximum atomic E-state index is 10.5. The molecule has 1 heterocycles. The van der Waals surface area contributed by atoms with Crippen molar-refractivity contribution < 1.29 is 9.84 Å². The van der Waals surface area contributed by atoms with E-state index in [4.69, 9.17) is 4.74 Å². The van der Waals surface area contributed by atoms with Crippen molar-refractivity contribution in [3.8, 4) is 11.5 Å². The SMILES string of the molecule is COc1ccc(O)c(C(CCCN2CCN(C)CC2)c2ccccc2)c1.Cl.Cl. The summed E-state index contributed by atoms with van der Waals surface area (Å²) in [5.74, 6) is 1.32. The molecular formula is C22H32Cl2N2O2. The van der Waals surface area contributed by atoms with Crippen molar-refractivity contribution in [2.75, 3.05) is 46.9 Å². The normalized spacial score (nSPS) is 15.9. The Balaban J connectivity index is 0.00000196. The summed E-state index contributed by atoms with van der Waals surface area (Å²) >= 11 is 0. The molecular weight excluding hydrogens is 395 g/mol. The summed E-state index contributed by atoms with van der Waals surface area (Å²) in [4.78, 5) is 4.94. The third-order valence-corrected chi connectivity index (χ3v) is 5.38. The molecule has 0 radical (unpaired) electrons. The van der Waals surface area contributed by atoms with Gasteiger partial charge in [0.2, 0.25) is 0 Å². The number of likely N-dealkylation sites (N-methyl/N-ethyl adjacent to an activating group) is 1. The molecule has 1 aliphatic heterocycles. The summed E-state index contributed by atoms with van der Waals surface area (Å²) in [6.45, 7) is 5.72. The lowest BCUT2D eigenvalue weighted by atomic mass is 9.86. The van der Waals surface area contributed by atoms with E-state index in [1.165, 1.54) is 5.56 Å². The Labute approximate surface area is 181 Å². The van der Waals surface area contributed by atoms with Gasteiger partial charge in [0.05, 0.1) is 7.11 Å². The first kappa shape index (κ1) is 24.6. The second-order valence-electron chi connectivity index (χ2n) is 7.18. The van der Waals surface area contributed by atoms with Gasteiger partial charge in [0, 0.05) is 37.7 Å². The maximum Gasteiger partial charge on any atom is 0.119 e. The van der Waals surface area contributed by atoms with E-state index >= 15 is 0 Å². The molecule has 28 heavy (non-hydrogen) atoms. The average molecular weight is 427 g/mol. The fourth-order valence-electron chi connectivity index (χ4n) is 3.72. The molecule has 1 aliphatic rings. The lowest BCUT2D eigenvalue weighted by molar-refractivity contribution is 0.151. The van der Waals surface area contributed by atoms with Crippen molar-refractivity contribution in [1.82, 2.24) is 9.80 Å². The number of hydrogen-bond donors (Lipinski definition) is 1. The van der Waals surface area contributed by atoms with Crippen molar-refractivity contribution >= 4 is 24.8 Å². The average Bonchev–Trinajstić information content (AvgIpc) is 2.68. The van der Waals surface area contributed by atoms with Crippen molar-refractivity contribution in [3.05, 3.63) is 59.7 Å². The van der Waals surface area contributed by atoms with Crippen LogP contribution in [0.5, 0.6) is 11.5 Å². The van der Waals surface area contributed by atoms with E-state index in [0.717, 1.165) is 56.9 Å². The van der Waals surface area contributed by atoms with Crippen molar-refractivity contribution in [2.24, 2.45) is 0 Å². The number of methoxy groups -OCH3 is 1. The molecule has 2 aromatic rings. The lowest BCUT2D eigenvalue weighted by Gasteiger charge is -2.32. The van der Waals surface area contributed by atoms with Crippen molar-refractivity contribution in [1.29, 1.82) is 0 Å². The van der Waals surface area contributed by atoms with E-state index in [0.29, 0.717) is 5.75 Å². The summed E-state index contributed by atoms with van der Waals surface area (Å²) in [6.07, 6.45) is 2.12. The van der Waals surface area contributed by atoms with Crippen molar-refractivity contribution in [3.63, 3.8) is 0 Å². The monoisotopic (exact) mass is 426 g/mol. The van der Waals surface area contributed by atoms with E-state index in [1.54, 1.807) is 13.2 Å². The first-order chi connectivity index (χ1) is 12.7. The van der Waals surface area contributed by atoms with Crippen LogP contribution in [0.3, 0.4) is 0 Å². The molecule has 4 nitrogen and oxygen atoms in total. The smallest absolute Gasteiger partial charge is 0.119 e. The number of piperazine rings is 1. The molecule has 2 aromatic carbocycles. The van der Waals surface area contributed by atoms with Crippen LogP contribution < -0.4 is 4.74 Å². The Kier molecular flexibility index (Phi) is 10.7. The molecule has 1 saturated heterocycles. The summed E-state index contributed by atoms with van der Waals surface area (Å²) < 4.78 is 5.38. The quantitative estimate of drug-likeness (QED) is 0.711. The number of benzene rings is 2. The molecule has 1 fully saturated rings. The maximum absolute atomic E-state index is 10.5. The standard InChI is InChI=1S/C22H30N2O2.2ClH/c1-23-13-15-24(16-14-23)12-6-9-20(18-7-4-3-5-8-18)21-17-19(26-2)10-11-22(21)25;;/h3-5,7-8,10-11,17,20,25H,6,9,12-16H2,1-2H3;2*1H. The molecule has 0 bridgehead atoms. The second kappa shape index (κ2) is 12.2. The van der Waals surface area contributed by atoms with Crippen LogP contribution in [0.1, 0.15) is 29.9 Å². The van der Waals surface area contributed by atoms with Gasteiger partial charge >= 0.3 is 0 Å². The number of hydrogen-bond acceptors (Lipinski definition) is 4. The Morgan fingerprint density at radius 1 is 1.00 bits per heavy atom. The van der Waals surface area contributed by atoms with Gasteiger partial charge in [-0.3, -0.25) is 0 Å². The highest BCUT2D eigenvalue weighted by molar-refractivity contribution is 5.85. The van der Waals surface area contributed by atoms with Gasteiger partial charge < -0.3 is 19.6 Å². The lowest BCUT2D eigenvalue weighted by Crippen LogP contribution is -2.44. The summed E-state index contributed by atoms with van der Waals surface area (Å²) in [5, 5.41) is 10.5. The van der Waals surface area contributed by atoms with E-state index < -0.39 is 0 Å². The Bertz CT molecular complexity index is 692. The minimum Gasteiger partial charge on any atom is -0.508 e. The Morgan fingerprint density at radius 2 is 1.68 bits per heavy atom. The van der Waals surface area contributed by atoms with Crippen LogP contribution in [0.15, 0.2) is 48.5 Å². The third kappa shape index (κ3) is 6.56. The van der Waals surface area contributed by atoms with Gasteiger partial charge in [-0.1, -0.05) is 30.3 Å². The molecule has 1 N–H and O–H groups in total. The number of ether oxygens (including phenoxy) is 1. The van der Waals surface area contributed by atoms with Crippen LogP contribution in [0, 0.1) is 0 Å². The topological polar surface area (TPSA) is 35.9 Å². The van der Waals surface area contributed by atoms with E-state index in [1.807, 2.05) is 18.2 Å². The molecule has 6 heteroatoms. The zero-order valence-electron chi connectivity index (χ0n) is 16.7. The highest BCUT2D eigenvalue weighted by Crippen LogP contribution is 2.37. The highest BCUT2D eigenvalue weighted by atomic mass is 35.5. The van der Waals surface area contributed by atoms with Gasteiger partial charge in [0.25, 0.3) is 0 Å². The van der Waals surface area contributed by atoms with Gasteiger partial charge in [-0.05, 0) is 50.2 Å². The van der Waals surface area contributed by atoms with Gasteiger partial charge in [0.1, 0.15) is 11.5 Å². The van der Waals surface area contributed by atoms with Gasteiger partial charge in [0.15, 0.2) is 0 Å². The number of nitrogens with zero attached hydrogens (tertiary/aromatic N) is 2. The summed E-state index contributed by atoms with van der Waals surface area (Å²) in [6, 6.07) is 16.0. The van der Waals surface area contributed by atoms with Gasteiger partial charge in [-0.15, -0.1) is 24.8 Å². The number of aromatic hydroxyl groups is 1. The molecule has 1 atom stereocenters. The zero-order chi connectivity index (χ0) is 18.4. The fourth-order valence-corrected chi connectivity index (χ4v) is 3.72. The molecule has 0 aromatic heterocycles. The predicted molar refractivity (Wildman–Crippen MR) is 121 cm³/mol. The second-order valence-corrected chi connectivity index (χ2v) is 7.18. The van der Waals surface area contributed by atoms with Crippen LogP contribution in [0.2, 0.25) is 0 Å². The van der Waals surface area contributed by atoms with Gasteiger partial charge in [-0.2, -0.15) is 0 Å². The molecule has 0 spiro atoms. The third-order valence-electron chi connectivity index (χ3n) is 5.38. The Hall–Kier alpha value is -1.46. The van der Waals surface area contributed by atoms with E-state index in [-0.39, 0.29) is 30.7 Å². The summed E-state index contributed by atoms with van der Waals surface area (Å²) in [7, 11) is 3.86. The van der Waals surface area contributed by atoms with Crippen LogP contribution in [-0.2, 0) is 0 Å². The van der Waals surface area contributed by atoms with Crippen LogP contribution in [0.25, 0.3) is 0 Å². The minimum absolute atomic E-state index is 0. The van der Waals surface area contributed by atoms with Crippen molar-refractivity contribution in [2.45, 2.75) is 18.8 Å². The molecule has 0 aliphatic carbocycles. The van der Waals surface area contributed by atoms with Gasteiger partial charge in [-0.25, -0.2) is 0 Å². The molecule has 3 rings (SSSR count). The molecule has 1 unspecified atom stereocenters. The first-order valence-electron chi connectivity index (χ1n) is 9.50. The zero-order valence-corrected chi connectivity index (χ0v) is 18.3. The van der Waals surface area contributed by atoms with Crippen LogP contribution in [-0.4, -0.2) is 61.8 Å². The molecule has 0 saturated carbocycles. The van der Waals surface area contributed by atoms with Crippen LogP contribution in [0.4, 0.5) is 0 Å². The highest BCUT2D eigenvalue weighted by Gasteiger charge is 2.20. The van der Waals surface area contributed by atoms with E-state index in [9.17, 15) is 5.11 Å². The number of phenolic OH excluding ortho intramolecular Hbond substituents is 1. The Morgan fingerprint density at radius 3 is 2.32 bits per heavy atom. The minimum atomic E-state index is 0. The molecule has 156 valence electrons.